The molecule has 0 aliphatic rings. The Morgan fingerprint density at radius 2 is 1.85 bits per heavy atom. The van der Waals surface area contributed by atoms with Crippen LogP contribution in [0.2, 0.25) is 0 Å². The first kappa shape index (κ1) is 26.3. The van der Waals surface area contributed by atoms with Gasteiger partial charge in [0, 0.05) is 31.2 Å². The van der Waals surface area contributed by atoms with Crippen LogP contribution < -0.4 is 4.74 Å². The van der Waals surface area contributed by atoms with E-state index in [0.29, 0.717) is 19.6 Å². The summed E-state index contributed by atoms with van der Waals surface area (Å²) in [6.07, 6.45) is 2.42. The molecule has 180 valence electrons. The fourth-order valence-electron chi connectivity index (χ4n) is 3.44. The van der Waals surface area contributed by atoms with E-state index in [0.717, 1.165) is 12.0 Å². The summed E-state index contributed by atoms with van der Waals surface area (Å²) in [5, 5.41) is 10.2. The number of aromatic hydroxyl groups is 1. The molecule has 0 unspecified atom stereocenters. The number of carbonyl (C=O) groups excluding carboxylic acids is 2. The lowest BCUT2D eigenvalue weighted by atomic mass is 9.86. The Bertz CT molecular complexity index is 912. The first-order valence-electron chi connectivity index (χ1n) is 11.3. The Kier molecular flexibility index (Phi) is 9.85. The van der Waals surface area contributed by atoms with Crippen molar-refractivity contribution in [3.63, 3.8) is 0 Å². The molecule has 0 fully saturated rings. The van der Waals surface area contributed by atoms with Gasteiger partial charge in [0.15, 0.2) is 23.0 Å². The minimum absolute atomic E-state index is 0.0292. The predicted molar refractivity (Wildman–Crippen MR) is 125 cm³/mol. The smallest absolute Gasteiger partial charge is 0.312 e. The molecule has 33 heavy (non-hydrogen) atoms. The third-order valence-corrected chi connectivity index (χ3v) is 5.50. The van der Waals surface area contributed by atoms with Gasteiger partial charge in [-0.3, -0.25) is 9.59 Å². The molecule has 0 radical (unpaired) electrons. The average Bonchev–Trinajstić information content (AvgIpc) is 2.78. The van der Waals surface area contributed by atoms with E-state index in [1.807, 2.05) is 44.2 Å². The summed E-state index contributed by atoms with van der Waals surface area (Å²) in [6, 6.07) is 11.5. The highest BCUT2D eigenvalue weighted by Crippen LogP contribution is 2.32. The van der Waals surface area contributed by atoms with Gasteiger partial charge in [0.25, 0.3) is 0 Å². The van der Waals surface area contributed by atoms with Gasteiger partial charge in [-0.2, -0.15) is 0 Å². The van der Waals surface area contributed by atoms with Gasteiger partial charge in [0.1, 0.15) is 6.10 Å². The zero-order chi connectivity index (χ0) is 24.4. The maximum Gasteiger partial charge on any atom is 0.312 e. The number of aromatic nitrogens is 1. The third-order valence-electron chi connectivity index (χ3n) is 5.50. The Morgan fingerprint density at radius 3 is 2.48 bits per heavy atom. The van der Waals surface area contributed by atoms with Crippen LogP contribution in [0.3, 0.4) is 0 Å². The molecule has 1 aromatic heterocycles. The first-order valence-corrected chi connectivity index (χ1v) is 11.3. The van der Waals surface area contributed by atoms with E-state index in [9.17, 15) is 14.7 Å². The van der Waals surface area contributed by atoms with Crippen LogP contribution in [0.25, 0.3) is 0 Å². The summed E-state index contributed by atoms with van der Waals surface area (Å²) < 4.78 is 16.6. The highest BCUT2D eigenvalue weighted by molar-refractivity contribution is 5.99. The lowest BCUT2D eigenvalue weighted by molar-refractivity contribution is -0.162. The molecular formula is C26H35NO6. The number of benzene rings is 1. The highest BCUT2D eigenvalue weighted by atomic mass is 16.5. The van der Waals surface area contributed by atoms with Crippen LogP contribution >= 0.6 is 0 Å². The molecule has 7 nitrogen and oxygen atoms in total. The molecule has 0 saturated carbocycles. The Morgan fingerprint density at radius 1 is 1.15 bits per heavy atom. The maximum absolute atomic E-state index is 13.0. The number of esters is 1. The van der Waals surface area contributed by atoms with E-state index < -0.39 is 23.3 Å². The molecule has 0 aliphatic heterocycles. The van der Waals surface area contributed by atoms with Gasteiger partial charge >= 0.3 is 5.97 Å². The number of hydrogen-bond acceptors (Lipinski definition) is 7. The molecule has 0 aliphatic carbocycles. The fourth-order valence-corrected chi connectivity index (χ4v) is 3.44. The van der Waals surface area contributed by atoms with Crippen LogP contribution in [0.4, 0.5) is 0 Å². The van der Waals surface area contributed by atoms with E-state index in [1.54, 1.807) is 13.8 Å². The Balaban J connectivity index is 2.07. The average molecular weight is 458 g/mol. The topological polar surface area (TPSA) is 95.0 Å². The van der Waals surface area contributed by atoms with Crippen molar-refractivity contribution < 1.29 is 28.9 Å². The maximum atomic E-state index is 13.0. The van der Waals surface area contributed by atoms with Crippen LogP contribution in [0.1, 0.15) is 56.6 Å². The molecule has 1 heterocycles. The van der Waals surface area contributed by atoms with Gasteiger partial charge < -0.3 is 19.3 Å². The van der Waals surface area contributed by atoms with Crippen molar-refractivity contribution in [1.82, 2.24) is 4.98 Å². The fraction of sp³-hybridized carbons (Fsp3) is 0.500. The van der Waals surface area contributed by atoms with Gasteiger partial charge in [-0.15, -0.1) is 0 Å². The molecule has 2 rings (SSSR count). The number of hydrogen-bond donors (Lipinski definition) is 1. The van der Waals surface area contributed by atoms with Crippen molar-refractivity contribution in [1.29, 1.82) is 0 Å². The summed E-state index contributed by atoms with van der Waals surface area (Å²) >= 11 is 0. The number of carbonyl (C=O) groups is 2. The molecule has 0 amide bonds. The van der Waals surface area contributed by atoms with Crippen molar-refractivity contribution in [2.75, 3.05) is 20.3 Å². The van der Waals surface area contributed by atoms with Gasteiger partial charge in [-0.25, -0.2) is 4.98 Å². The van der Waals surface area contributed by atoms with Crippen LogP contribution in [0, 0.1) is 11.3 Å². The second-order valence-electron chi connectivity index (χ2n) is 8.83. The Labute approximate surface area is 196 Å². The molecule has 2 atom stereocenters. The van der Waals surface area contributed by atoms with E-state index in [1.165, 1.54) is 19.4 Å². The van der Waals surface area contributed by atoms with Gasteiger partial charge in [-0.1, -0.05) is 37.3 Å². The zero-order valence-electron chi connectivity index (χ0n) is 20.2. The van der Waals surface area contributed by atoms with Crippen LogP contribution in [-0.2, 0) is 20.7 Å². The number of rotatable bonds is 13. The standard InChI is InChI=1S/C26H35NO6/c1-6-14-32-17-20(15-19-10-8-7-9-11-19)18(2)33-25(30)26(3,4)16-21(28)23-24(29)22(31-5)12-13-27-23/h7-13,18,20,29H,6,14-17H2,1-5H3/t18-,20+/m0/s1. The highest BCUT2D eigenvalue weighted by Gasteiger charge is 2.36. The summed E-state index contributed by atoms with van der Waals surface area (Å²) in [7, 11) is 1.39. The molecular weight excluding hydrogens is 422 g/mol. The largest absolute Gasteiger partial charge is 0.503 e. The predicted octanol–water partition coefficient (Wildman–Crippen LogP) is 4.61. The molecule has 0 saturated heterocycles. The quantitative estimate of drug-likeness (QED) is 0.267. The van der Waals surface area contributed by atoms with Crippen LogP contribution in [0.5, 0.6) is 11.5 Å². The SMILES string of the molecule is CCCOC[C@@H](Cc1ccccc1)[C@H](C)OC(=O)C(C)(C)CC(=O)c1nccc(OC)c1O. The molecule has 1 aromatic carbocycles. The van der Waals surface area contributed by atoms with E-state index in [4.69, 9.17) is 14.2 Å². The van der Waals surface area contributed by atoms with Crippen LogP contribution in [-0.4, -0.2) is 48.3 Å². The van der Waals surface area contributed by atoms with Crippen molar-refractivity contribution >= 4 is 11.8 Å². The zero-order valence-corrected chi connectivity index (χ0v) is 20.2. The minimum atomic E-state index is -1.11. The molecule has 0 spiro atoms. The number of pyridine rings is 1. The van der Waals surface area contributed by atoms with Gasteiger partial charge in [0.2, 0.25) is 0 Å². The van der Waals surface area contributed by atoms with Gasteiger partial charge in [-0.05, 0) is 39.2 Å². The molecule has 1 N–H and O–H groups in total. The summed E-state index contributed by atoms with van der Waals surface area (Å²) in [5.74, 6) is -1.16. The molecule has 7 heteroatoms. The number of methoxy groups -OCH3 is 1. The van der Waals surface area contributed by atoms with E-state index >= 15 is 0 Å². The van der Waals surface area contributed by atoms with E-state index in [2.05, 4.69) is 4.98 Å². The number of ether oxygens (including phenoxy) is 3. The normalized spacial score (nSPS) is 13.2. The van der Waals surface area contributed by atoms with Crippen molar-refractivity contribution in [2.24, 2.45) is 11.3 Å². The lowest BCUT2D eigenvalue weighted by Gasteiger charge is -2.29. The van der Waals surface area contributed by atoms with Gasteiger partial charge in [0.05, 0.1) is 19.1 Å². The van der Waals surface area contributed by atoms with E-state index in [-0.39, 0.29) is 29.5 Å². The second-order valence-corrected chi connectivity index (χ2v) is 8.83. The number of ketones is 1. The van der Waals surface area contributed by atoms with Crippen molar-refractivity contribution in [2.45, 2.75) is 53.1 Å². The first-order chi connectivity index (χ1) is 15.7. The van der Waals surface area contributed by atoms with Crippen molar-refractivity contribution in [3.8, 4) is 11.5 Å². The Hall–Kier alpha value is -2.93. The summed E-state index contributed by atoms with van der Waals surface area (Å²) in [4.78, 5) is 29.8. The third kappa shape index (κ3) is 7.56. The number of nitrogens with zero attached hydrogens (tertiary/aromatic N) is 1. The molecule has 0 bridgehead atoms. The molecule has 2 aromatic rings. The summed E-state index contributed by atoms with van der Waals surface area (Å²) in [5.41, 5.74) is -0.0953. The van der Waals surface area contributed by atoms with Crippen molar-refractivity contribution in [3.05, 3.63) is 53.9 Å². The van der Waals surface area contributed by atoms with Crippen LogP contribution in [0.15, 0.2) is 42.6 Å². The number of Topliss-reactive ketones (excluding diaryl/α,β-unsaturated/α-hetero) is 1. The minimum Gasteiger partial charge on any atom is -0.503 e. The summed E-state index contributed by atoms with van der Waals surface area (Å²) in [6.45, 7) is 8.31. The lowest BCUT2D eigenvalue weighted by Crippen LogP contribution is -2.36. The monoisotopic (exact) mass is 457 g/mol. The second kappa shape index (κ2) is 12.3.